The second kappa shape index (κ2) is 6.82. The van der Waals surface area contributed by atoms with Crippen molar-refractivity contribution in [2.24, 2.45) is 10.9 Å². The lowest BCUT2D eigenvalue weighted by atomic mass is 10.1. The summed E-state index contributed by atoms with van der Waals surface area (Å²) in [5.74, 6) is 0. The van der Waals surface area contributed by atoms with E-state index in [-0.39, 0.29) is 6.10 Å². The van der Waals surface area contributed by atoms with E-state index >= 15 is 0 Å². The molecular weight excluding hydrogens is 176 g/mol. The van der Waals surface area contributed by atoms with Gasteiger partial charge >= 0.3 is 0 Å². The van der Waals surface area contributed by atoms with E-state index in [1.54, 1.807) is 0 Å². The molecule has 1 unspecified atom stereocenters. The van der Waals surface area contributed by atoms with Crippen molar-refractivity contribution in [2.45, 2.75) is 58.0 Å². The average molecular weight is 198 g/mol. The molecule has 1 aliphatic heterocycles. The number of rotatable bonds is 7. The minimum absolute atomic E-state index is 0.153. The first-order valence-corrected chi connectivity index (χ1v) is 5.78. The van der Waals surface area contributed by atoms with E-state index in [0.717, 1.165) is 12.8 Å². The number of nitrogens with two attached hydrogens (primary N) is 1. The van der Waals surface area contributed by atoms with Crippen LogP contribution in [-0.2, 0) is 4.84 Å². The summed E-state index contributed by atoms with van der Waals surface area (Å²) in [5, 5.41) is 4.04. The predicted molar refractivity (Wildman–Crippen MR) is 59.4 cm³/mol. The van der Waals surface area contributed by atoms with Crippen LogP contribution < -0.4 is 5.73 Å². The van der Waals surface area contributed by atoms with Crippen molar-refractivity contribution in [3.63, 3.8) is 0 Å². The number of oxime groups is 1. The highest BCUT2D eigenvalue weighted by Crippen LogP contribution is 2.14. The van der Waals surface area contributed by atoms with Gasteiger partial charge in [0.15, 0.2) is 0 Å². The highest BCUT2D eigenvalue weighted by molar-refractivity contribution is 5.85. The predicted octanol–water partition coefficient (Wildman–Crippen LogP) is 2.45. The molecule has 0 spiro atoms. The van der Waals surface area contributed by atoms with Gasteiger partial charge in [0.1, 0.15) is 6.10 Å². The van der Waals surface area contributed by atoms with Gasteiger partial charge in [-0.1, -0.05) is 37.8 Å². The maximum absolute atomic E-state index is 5.49. The maximum atomic E-state index is 5.49. The Kier molecular flexibility index (Phi) is 5.60. The summed E-state index contributed by atoms with van der Waals surface area (Å²) in [4.78, 5) is 5.16. The highest BCUT2D eigenvalue weighted by Gasteiger charge is 2.18. The minimum Gasteiger partial charge on any atom is -0.391 e. The van der Waals surface area contributed by atoms with E-state index in [9.17, 15) is 0 Å². The molecule has 0 aromatic carbocycles. The fourth-order valence-electron chi connectivity index (χ4n) is 1.69. The van der Waals surface area contributed by atoms with E-state index in [2.05, 4.69) is 12.1 Å². The second-order valence-corrected chi connectivity index (χ2v) is 3.99. The molecule has 3 nitrogen and oxygen atoms in total. The molecule has 2 N–H and O–H groups in total. The number of unbranched alkanes of at least 4 members (excludes halogenated alkanes) is 4. The minimum atomic E-state index is 0.153. The third kappa shape index (κ3) is 4.09. The van der Waals surface area contributed by atoms with Crippen molar-refractivity contribution in [3.8, 4) is 0 Å². The zero-order chi connectivity index (χ0) is 10.2. The molecule has 0 radical (unpaired) electrons. The Bertz CT molecular complexity index is 180. The molecule has 1 aliphatic rings. The fraction of sp³-hybridized carbons (Fsp3) is 0.909. The first kappa shape index (κ1) is 11.5. The van der Waals surface area contributed by atoms with Gasteiger partial charge in [-0.3, -0.25) is 0 Å². The van der Waals surface area contributed by atoms with Crippen LogP contribution in [0.3, 0.4) is 0 Å². The smallest absolute Gasteiger partial charge is 0.145 e. The van der Waals surface area contributed by atoms with Crippen molar-refractivity contribution in [1.82, 2.24) is 0 Å². The van der Waals surface area contributed by atoms with Gasteiger partial charge in [0.05, 0.1) is 5.71 Å². The van der Waals surface area contributed by atoms with Crippen LogP contribution in [0.1, 0.15) is 51.9 Å². The van der Waals surface area contributed by atoms with Gasteiger partial charge in [0.2, 0.25) is 0 Å². The molecule has 3 heteroatoms. The summed E-state index contributed by atoms with van der Waals surface area (Å²) in [6.45, 7) is 2.82. The molecule has 14 heavy (non-hydrogen) atoms. The van der Waals surface area contributed by atoms with Crippen LogP contribution in [0.5, 0.6) is 0 Å². The van der Waals surface area contributed by atoms with Gasteiger partial charge in [-0.05, 0) is 12.8 Å². The van der Waals surface area contributed by atoms with E-state index in [1.807, 2.05) is 0 Å². The molecule has 82 valence electrons. The van der Waals surface area contributed by atoms with Gasteiger partial charge in [0.25, 0.3) is 0 Å². The fourth-order valence-corrected chi connectivity index (χ4v) is 1.69. The van der Waals surface area contributed by atoms with Crippen molar-refractivity contribution in [3.05, 3.63) is 0 Å². The van der Waals surface area contributed by atoms with Crippen LogP contribution in [0.15, 0.2) is 5.16 Å². The molecule has 0 aromatic rings. The molecule has 1 atom stereocenters. The molecule has 0 aromatic heterocycles. The summed E-state index contributed by atoms with van der Waals surface area (Å²) in [7, 11) is 0. The summed E-state index contributed by atoms with van der Waals surface area (Å²) in [6, 6.07) is 0. The average Bonchev–Trinajstić information content (AvgIpc) is 2.65. The third-order valence-electron chi connectivity index (χ3n) is 2.63. The normalized spacial score (nSPS) is 20.7. The van der Waals surface area contributed by atoms with Crippen LogP contribution in [0.2, 0.25) is 0 Å². The zero-order valence-corrected chi connectivity index (χ0v) is 9.17. The number of hydrogen-bond donors (Lipinski definition) is 1. The van der Waals surface area contributed by atoms with Crippen molar-refractivity contribution >= 4 is 5.71 Å². The van der Waals surface area contributed by atoms with E-state index < -0.39 is 0 Å². The molecule has 1 rings (SSSR count). The first-order chi connectivity index (χ1) is 6.86. The Morgan fingerprint density at radius 2 is 2.14 bits per heavy atom. The Balaban J connectivity index is 1.97. The Labute approximate surface area is 86.7 Å². The SMILES string of the molecule is CCCCCCCC1=NOC(CN)C1. The van der Waals surface area contributed by atoms with Crippen molar-refractivity contribution in [1.29, 1.82) is 0 Å². The zero-order valence-electron chi connectivity index (χ0n) is 9.17. The van der Waals surface area contributed by atoms with E-state index in [1.165, 1.54) is 37.8 Å². The van der Waals surface area contributed by atoms with Gasteiger partial charge in [0, 0.05) is 13.0 Å². The molecule has 0 saturated heterocycles. The first-order valence-electron chi connectivity index (χ1n) is 5.78. The molecule has 0 amide bonds. The van der Waals surface area contributed by atoms with Gasteiger partial charge in [-0.15, -0.1) is 0 Å². The third-order valence-corrected chi connectivity index (χ3v) is 2.63. The lowest BCUT2D eigenvalue weighted by Gasteiger charge is -2.02. The van der Waals surface area contributed by atoms with Crippen LogP contribution in [0.25, 0.3) is 0 Å². The Morgan fingerprint density at radius 3 is 2.79 bits per heavy atom. The summed E-state index contributed by atoms with van der Waals surface area (Å²) >= 11 is 0. The lowest BCUT2D eigenvalue weighted by molar-refractivity contribution is 0.0918. The highest BCUT2D eigenvalue weighted by atomic mass is 16.6. The number of hydrogen-bond acceptors (Lipinski definition) is 3. The Morgan fingerprint density at radius 1 is 1.36 bits per heavy atom. The summed E-state index contributed by atoms with van der Waals surface area (Å²) in [6.07, 6.45) is 8.78. The lowest BCUT2D eigenvalue weighted by Crippen LogP contribution is -2.19. The molecular formula is C11H22N2O. The molecule has 0 aliphatic carbocycles. The second-order valence-electron chi connectivity index (χ2n) is 3.99. The van der Waals surface area contributed by atoms with E-state index in [4.69, 9.17) is 10.6 Å². The molecule has 0 saturated carbocycles. The maximum Gasteiger partial charge on any atom is 0.145 e. The van der Waals surface area contributed by atoms with Crippen molar-refractivity contribution < 1.29 is 4.84 Å². The van der Waals surface area contributed by atoms with Gasteiger partial charge < -0.3 is 10.6 Å². The summed E-state index contributed by atoms with van der Waals surface area (Å²) < 4.78 is 0. The van der Waals surface area contributed by atoms with Crippen LogP contribution in [-0.4, -0.2) is 18.4 Å². The molecule has 0 bridgehead atoms. The topological polar surface area (TPSA) is 47.6 Å². The van der Waals surface area contributed by atoms with Crippen LogP contribution in [0.4, 0.5) is 0 Å². The quantitative estimate of drug-likeness (QED) is 0.639. The van der Waals surface area contributed by atoms with Gasteiger partial charge in [-0.2, -0.15) is 0 Å². The van der Waals surface area contributed by atoms with Gasteiger partial charge in [-0.25, -0.2) is 0 Å². The standard InChI is InChI=1S/C11H22N2O/c1-2-3-4-5-6-7-10-8-11(9-12)14-13-10/h11H,2-9,12H2,1H3. The van der Waals surface area contributed by atoms with Crippen LogP contribution in [0, 0.1) is 0 Å². The summed E-state index contributed by atoms with van der Waals surface area (Å²) in [5.41, 5.74) is 6.70. The largest absolute Gasteiger partial charge is 0.391 e. The van der Waals surface area contributed by atoms with Crippen molar-refractivity contribution in [2.75, 3.05) is 6.54 Å². The molecule has 1 heterocycles. The molecule has 0 fully saturated rings. The number of nitrogens with zero attached hydrogens (tertiary/aromatic N) is 1. The van der Waals surface area contributed by atoms with E-state index in [0.29, 0.717) is 6.54 Å². The van der Waals surface area contributed by atoms with Crippen LogP contribution >= 0.6 is 0 Å². The monoisotopic (exact) mass is 198 g/mol. The Hall–Kier alpha value is -0.570.